The fraction of sp³-hybridized carbons (Fsp3) is 0.727. The van der Waals surface area contributed by atoms with E-state index in [0.29, 0.717) is 31.4 Å². The molecule has 2 rings (SSSR count). The molecule has 0 aromatic carbocycles. The van der Waals surface area contributed by atoms with Crippen LogP contribution in [0.2, 0.25) is 0 Å². The Balaban J connectivity index is 2.15. The van der Waals surface area contributed by atoms with Crippen LogP contribution in [0, 0.1) is 12.8 Å². The van der Waals surface area contributed by atoms with Crippen LogP contribution < -0.4 is 0 Å². The number of imidazole rings is 1. The summed E-state index contributed by atoms with van der Waals surface area (Å²) in [6.07, 6.45) is 2.30. The van der Waals surface area contributed by atoms with Crippen LogP contribution >= 0.6 is 0 Å². The molecule has 0 bridgehead atoms. The van der Waals surface area contributed by atoms with E-state index in [4.69, 9.17) is 4.74 Å². The quantitative estimate of drug-likeness (QED) is 0.859. The van der Waals surface area contributed by atoms with E-state index in [1.165, 1.54) is 10.5 Å². The second-order valence-corrected chi connectivity index (χ2v) is 6.42. The van der Waals surface area contributed by atoms with E-state index < -0.39 is 10.0 Å². The van der Waals surface area contributed by atoms with Crippen LogP contribution in [0.25, 0.3) is 0 Å². The van der Waals surface area contributed by atoms with Gasteiger partial charge in [-0.05, 0) is 19.3 Å². The number of rotatable bonds is 5. The predicted molar refractivity (Wildman–Crippen MR) is 66.7 cm³/mol. The highest BCUT2D eigenvalue weighted by Crippen LogP contribution is 2.19. The molecule has 7 heteroatoms. The summed E-state index contributed by atoms with van der Waals surface area (Å²) in [6.45, 7) is 5.92. The first kappa shape index (κ1) is 13.5. The van der Waals surface area contributed by atoms with Crippen molar-refractivity contribution in [3.63, 3.8) is 0 Å². The summed E-state index contributed by atoms with van der Waals surface area (Å²) < 4.78 is 31.5. The average Bonchev–Trinajstić information content (AvgIpc) is 2.96. The van der Waals surface area contributed by atoms with Crippen molar-refractivity contribution < 1.29 is 13.2 Å². The van der Waals surface area contributed by atoms with Gasteiger partial charge in [0.1, 0.15) is 5.82 Å². The molecule has 1 saturated heterocycles. The van der Waals surface area contributed by atoms with Crippen molar-refractivity contribution in [1.82, 2.24) is 14.3 Å². The van der Waals surface area contributed by atoms with Crippen molar-refractivity contribution in [2.45, 2.75) is 25.3 Å². The van der Waals surface area contributed by atoms with Crippen LogP contribution in [0.3, 0.4) is 0 Å². The monoisotopic (exact) mass is 273 g/mol. The number of hydrogen-bond acceptors (Lipinski definition) is 4. The van der Waals surface area contributed by atoms with Crippen molar-refractivity contribution in [3.05, 3.63) is 12.0 Å². The third kappa shape index (κ3) is 2.73. The minimum atomic E-state index is -3.46. The molecular weight excluding hydrogens is 254 g/mol. The third-order valence-corrected chi connectivity index (χ3v) is 4.99. The molecule has 1 fully saturated rings. The van der Waals surface area contributed by atoms with E-state index in [-0.39, 0.29) is 5.03 Å². The molecule has 1 aromatic heterocycles. The molecule has 6 nitrogen and oxygen atoms in total. The zero-order chi connectivity index (χ0) is 13.2. The zero-order valence-electron chi connectivity index (χ0n) is 10.7. The van der Waals surface area contributed by atoms with Crippen molar-refractivity contribution in [1.29, 1.82) is 0 Å². The molecule has 0 spiro atoms. The molecule has 1 aromatic rings. The Kier molecular flexibility index (Phi) is 4.04. The Bertz CT molecular complexity index is 491. The van der Waals surface area contributed by atoms with Gasteiger partial charge in [0, 0.05) is 19.7 Å². The fourth-order valence-corrected chi connectivity index (χ4v) is 3.57. The lowest BCUT2D eigenvalue weighted by Gasteiger charge is -2.22. The molecule has 1 unspecified atom stereocenters. The predicted octanol–water partition coefficient (Wildman–Crippen LogP) is 0.765. The Morgan fingerprint density at radius 1 is 1.61 bits per heavy atom. The van der Waals surface area contributed by atoms with Crippen LogP contribution in [-0.4, -0.2) is 49.0 Å². The van der Waals surface area contributed by atoms with E-state index in [2.05, 4.69) is 9.97 Å². The van der Waals surface area contributed by atoms with Crippen molar-refractivity contribution >= 4 is 10.0 Å². The van der Waals surface area contributed by atoms with Gasteiger partial charge in [0.05, 0.1) is 12.8 Å². The highest BCUT2D eigenvalue weighted by atomic mass is 32.2. The fourth-order valence-electron chi connectivity index (χ4n) is 2.08. The lowest BCUT2D eigenvalue weighted by Crippen LogP contribution is -2.35. The second kappa shape index (κ2) is 5.38. The molecule has 0 aliphatic carbocycles. The largest absolute Gasteiger partial charge is 0.381 e. The van der Waals surface area contributed by atoms with Gasteiger partial charge < -0.3 is 9.72 Å². The number of hydrogen-bond donors (Lipinski definition) is 1. The second-order valence-electron chi connectivity index (χ2n) is 4.52. The molecule has 2 heterocycles. The van der Waals surface area contributed by atoms with Crippen LogP contribution in [0.5, 0.6) is 0 Å². The number of nitrogens with zero attached hydrogens (tertiary/aromatic N) is 2. The molecule has 0 radical (unpaired) electrons. The van der Waals surface area contributed by atoms with Gasteiger partial charge in [-0.3, -0.25) is 0 Å². The van der Waals surface area contributed by atoms with Crippen LogP contribution in [0.15, 0.2) is 11.2 Å². The number of nitrogens with one attached hydrogen (secondary N) is 1. The van der Waals surface area contributed by atoms with Gasteiger partial charge in [0.2, 0.25) is 0 Å². The van der Waals surface area contributed by atoms with Gasteiger partial charge >= 0.3 is 0 Å². The summed E-state index contributed by atoms with van der Waals surface area (Å²) in [5, 5.41) is 0.167. The summed E-state index contributed by atoms with van der Waals surface area (Å²) in [4.78, 5) is 6.73. The summed E-state index contributed by atoms with van der Waals surface area (Å²) in [5.41, 5.74) is 0. The maximum absolute atomic E-state index is 12.4. The molecule has 0 amide bonds. The number of ether oxygens (including phenoxy) is 1. The highest BCUT2D eigenvalue weighted by Gasteiger charge is 2.28. The molecule has 1 atom stereocenters. The van der Waals surface area contributed by atoms with Gasteiger partial charge in [0.25, 0.3) is 10.0 Å². The lowest BCUT2D eigenvalue weighted by atomic mass is 10.1. The molecule has 1 N–H and O–H groups in total. The summed E-state index contributed by atoms with van der Waals surface area (Å²) in [6, 6.07) is 0. The van der Waals surface area contributed by atoms with Crippen LogP contribution in [0.1, 0.15) is 19.2 Å². The Hall–Kier alpha value is -0.920. The molecule has 18 heavy (non-hydrogen) atoms. The van der Waals surface area contributed by atoms with Gasteiger partial charge in [-0.2, -0.15) is 4.31 Å². The van der Waals surface area contributed by atoms with E-state index in [1.54, 1.807) is 6.92 Å². The minimum absolute atomic E-state index is 0.167. The zero-order valence-corrected chi connectivity index (χ0v) is 11.5. The van der Waals surface area contributed by atoms with Crippen molar-refractivity contribution in [3.8, 4) is 0 Å². The number of aromatic amines is 1. The number of aryl methyl sites for hydroxylation is 1. The first-order valence-electron chi connectivity index (χ1n) is 6.13. The van der Waals surface area contributed by atoms with Gasteiger partial charge in [-0.15, -0.1) is 0 Å². The van der Waals surface area contributed by atoms with E-state index in [9.17, 15) is 8.42 Å². The third-order valence-electron chi connectivity index (χ3n) is 3.14. The van der Waals surface area contributed by atoms with E-state index >= 15 is 0 Å². The molecule has 0 saturated carbocycles. The first-order valence-corrected chi connectivity index (χ1v) is 7.57. The van der Waals surface area contributed by atoms with Crippen LogP contribution in [0.4, 0.5) is 0 Å². The maximum Gasteiger partial charge on any atom is 0.260 e. The summed E-state index contributed by atoms with van der Waals surface area (Å²) in [5.74, 6) is 0.901. The standard InChI is InChI=1S/C11H19N3O3S/c1-3-14(7-10-4-5-17-8-10)18(15,16)11-6-12-9(2)13-11/h6,10H,3-5,7-8H2,1-2H3,(H,12,13). The van der Waals surface area contributed by atoms with E-state index in [0.717, 1.165) is 13.0 Å². The molecule has 1 aliphatic rings. The number of aromatic nitrogens is 2. The van der Waals surface area contributed by atoms with Crippen molar-refractivity contribution in [2.75, 3.05) is 26.3 Å². The first-order chi connectivity index (χ1) is 8.54. The highest BCUT2D eigenvalue weighted by molar-refractivity contribution is 7.89. The smallest absolute Gasteiger partial charge is 0.260 e. The van der Waals surface area contributed by atoms with Crippen LogP contribution in [-0.2, 0) is 14.8 Å². The Labute approximate surface area is 107 Å². The Morgan fingerprint density at radius 2 is 2.39 bits per heavy atom. The normalized spacial score (nSPS) is 20.7. The average molecular weight is 273 g/mol. The Morgan fingerprint density at radius 3 is 2.89 bits per heavy atom. The van der Waals surface area contributed by atoms with Crippen molar-refractivity contribution in [2.24, 2.45) is 5.92 Å². The SMILES string of the molecule is CCN(CC1CCOC1)S(=O)(=O)c1cnc(C)[nH]1. The number of H-pyrrole nitrogens is 1. The maximum atomic E-state index is 12.4. The minimum Gasteiger partial charge on any atom is -0.381 e. The van der Waals surface area contributed by atoms with Gasteiger partial charge in [-0.1, -0.05) is 6.92 Å². The van der Waals surface area contributed by atoms with Gasteiger partial charge in [-0.25, -0.2) is 13.4 Å². The summed E-state index contributed by atoms with van der Waals surface area (Å²) >= 11 is 0. The molecule has 102 valence electrons. The van der Waals surface area contributed by atoms with Gasteiger partial charge in [0.15, 0.2) is 5.03 Å². The topological polar surface area (TPSA) is 75.3 Å². The number of sulfonamides is 1. The lowest BCUT2D eigenvalue weighted by molar-refractivity contribution is 0.180. The summed E-state index contributed by atoms with van der Waals surface area (Å²) in [7, 11) is -3.46. The van der Waals surface area contributed by atoms with E-state index in [1.807, 2.05) is 6.92 Å². The molecular formula is C11H19N3O3S. The molecule has 1 aliphatic heterocycles.